The molecule has 0 unspecified atom stereocenters. The second-order valence-electron chi connectivity index (χ2n) is 6.37. The predicted molar refractivity (Wildman–Crippen MR) is 106 cm³/mol. The summed E-state index contributed by atoms with van der Waals surface area (Å²) in [5.41, 5.74) is 1.80. The van der Waals surface area contributed by atoms with Gasteiger partial charge in [-0.3, -0.25) is 9.78 Å². The van der Waals surface area contributed by atoms with Crippen molar-refractivity contribution in [2.45, 2.75) is 32.6 Å². The third-order valence-corrected chi connectivity index (χ3v) is 4.09. The molecular formula is C21H22N4O4. The third kappa shape index (κ3) is 5.97. The lowest BCUT2D eigenvalue weighted by Crippen LogP contribution is -2.13. The summed E-state index contributed by atoms with van der Waals surface area (Å²) in [5, 5.41) is 6.68. The van der Waals surface area contributed by atoms with E-state index in [4.69, 9.17) is 9.26 Å². The van der Waals surface area contributed by atoms with Gasteiger partial charge in [0, 0.05) is 36.5 Å². The van der Waals surface area contributed by atoms with Crippen LogP contribution < -0.4 is 5.32 Å². The Kier molecular flexibility index (Phi) is 7.05. The van der Waals surface area contributed by atoms with Crippen molar-refractivity contribution in [1.29, 1.82) is 0 Å². The molecule has 1 aromatic carbocycles. The molecule has 0 saturated carbocycles. The molecule has 0 aliphatic heterocycles. The lowest BCUT2D eigenvalue weighted by atomic mass is 10.2. The first-order chi connectivity index (χ1) is 14.2. The average Bonchev–Trinajstić information content (AvgIpc) is 3.23. The van der Waals surface area contributed by atoms with Crippen LogP contribution in [0, 0.1) is 0 Å². The minimum absolute atomic E-state index is 0.190. The molecule has 29 heavy (non-hydrogen) atoms. The topological polar surface area (TPSA) is 107 Å². The van der Waals surface area contributed by atoms with Crippen LogP contribution >= 0.6 is 0 Å². The first-order valence-corrected chi connectivity index (χ1v) is 9.45. The summed E-state index contributed by atoms with van der Waals surface area (Å²) in [5.74, 6) is 0.264. The number of aromatic nitrogens is 3. The van der Waals surface area contributed by atoms with Gasteiger partial charge in [0.1, 0.15) is 0 Å². The molecule has 0 saturated heterocycles. The Hall–Kier alpha value is -3.55. The zero-order valence-corrected chi connectivity index (χ0v) is 16.1. The summed E-state index contributed by atoms with van der Waals surface area (Å²) < 4.78 is 10.3. The molecule has 3 rings (SSSR count). The van der Waals surface area contributed by atoms with E-state index < -0.39 is 0 Å². The fourth-order valence-corrected chi connectivity index (χ4v) is 2.49. The molecule has 8 nitrogen and oxygen atoms in total. The van der Waals surface area contributed by atoms with E-state index in [0.717, 1.165) is 18.4 Å². The highest BCUT2D eigenvalue weighted by atomic mass is 16.5. The van der Waals surface area contributed by atoms with Crippen LogP contribution in [0.2, 0.25) is 0 Å². The molecule has 1 amide bonds. The standard InChI is InChI=1S/C21H22N4O4/c1-2-3-13-28-21(27)15-6-8-17(9-7-15)23-18(26)10-11-19-24-20(25-29-19)16-5-4-12-22-14-16/h4-9,12,14H,2-3,10-11,13H2,1H3,(H,23,26). The fourth-order valence-electron chi connectivity index (χ4n) is 2.49. The maximum absolute atomic E-state index is 12.2. The molecule has 0 spiro atoms. The number of pyridine rings is 1. The second kappa shape index (κ2) is 10.1. The van der Waals surface area contributed by atoms with Crippen molar-refractivity contribution < 1.29 is 18.8 Å². The molecule has 0 fully saturated rings. The Bertz CT molecular complexity index is 939. The van der Waals surface area contributed by atoms with E-state index in [1.807, 2.05) is 13.0 Å². The van der Waals surface area contributed by atoms with E-state index >= 15 is 0 Å². The lowest BCUT2D eigenvalue weighted by molar-refractivity contribution is -0.116. The van der Waals surface area contributed by atoms with Gasteiger partial charge in [-0.25, -0.2) is 4.79 Å². The van der Waals surface area contributed by atoms with Crippen LogP contribution in [0.1, 0.15) is 42.4 Å². The predicted octanol–water partition coefficient (Wildman–Crippen LogP) is 3.66. The van der Waals surface area contributed by atoms with Crippen LogP contribution in [0.5, 0.6) is 0 Å². The number of rotatable bonds is 9. The summed E-state index contributed by atoms with van der Waals surface area (Å²) in [6.45, 7) is 2.44. The molecule has 8 heteroatoms. The van der Waals surface area contributed by atoms with Crippen LogP contribution in [0.4, 0.5) is 5.69 Å². The van der Waals surface area contributed by atoms with Crippen LogP contribution in [-0.2, 0) is 16.0 Å². The molecule has 150 valence electrons. The highest BCUT2D eigenvalue weighted by Crippen LogP contribution is 2.15. The number of nitrogens with one attached hydrogen (secondary N) is 1. The van der Waals surface area contributed by atoms with E-state index in [9.17, 15) is 9.59 Å². The monoisotopic (exact) mass is 394 g/mol. The van der Waals surface area contributed by atoms with Gasteiger partial charge < -0.3 is 14.6 Å². The molecule has 3 aromatic rings. The zero-order valence-electron chi connectivity index (χ0n) is 16.1. The number of amides is 1. The minimum Gasteiger partial charge on any atom is -0.462 e. The van der Waals surface area contributed by atoms with Gasteiger partial charge in [-0.15, -0.1) is 0 Å². The Balaban J connectivity index is 1.47. The maximum Gasteiger partial charge on any atom is 0.338 e. The van der Waals surface area contributed by atoms with Gasteiger partial charge in [0.05, 0.1) is 12.2 Å². The summed E-state index contributed by atoms with van der Waals surface area (Å²) in [4.78, 5) is 32.3. The first-order valence-electron chi connectivity index (χ1n) is 9.45. The lowest BCUT2D eigenvalue weighted by Gasteiger charge is -2.06. The number of esters is 1. The molecule has 2 aromatic heterocycles. The summed E-state index contributed by atoms with van der Waals surface area (Å²) in [6.07, 6.45) is 5.62. The molecule has 0 aliphatic carbocycles. The van der Waals surface area contributed by atoms with Crippen molar-refractivity contribution in [3.8, 4) is 11.4 Å². The Morgan fingerprint density at radius 2 is 2.00 bits per heavy atom. The molecule has 0 aliphatic rings. The van der Waals surface area contributed by atoms with E-state index in [0.29, 0.717) is 36.0 Å². The number of benzene rings is 1. The molecule has 0 atom stereocenters. The maximum atomic E-state index is 12.2. The molecule has 0 radical (unpaired) electrons. The van der Waals surface area contributed by atoms with E-state index in [1.54, 1.807) is 42.7 Å². The average molecular weight is 394 g/mol. The van der Waals surface area contributed by atoms with Crippen molar-refractivity contribution in [3.05, 3.63) is 60.2 Å². The van der Waals surface area contributed by atoms with Gasteiger partial charge in [-0.2, -0.15) is 4.98 Å². The van der Waals surface area contributed by atoms with Gasteiger partial charge >= 0.3 is 5.97 Å². The van der Waals surface area contributed by atoms with Gasteiger partial charge in [0.25, 0.3) is 0 Å². The smallest absolute Gasteiger partial charge is 0.338 e. The van der Waals surface area contributed by atoms with Crippen LogP contribution in [0.25, 0.3) is 11.4 Å². The van der Waals surface area contributed by atoms with E-state index in [1.165, 1.54) is 0 Å². The minimum atomic E-state index is -0.364. The van der Waals surface area contributed by atoms with Crippen LogP contribution in [0.3, 0.4) is 0 Å². The number of carbonyl (C=O) groups is 2. The highest BCUT2D eigenvalue weighted by molar-refractivity contribution is 5.93. The van der Waals surface area contributed by atoms with E-state index in [2.05, 4.69) is 20.4 Å². The van der Waals surface area contributed by atoms with E-state index in [-0.39, 0.29) is 18.3 Å². The SMILES string of the molecule is CCCCOC(=O)c1ccc(NC(=O)CCc2nc(-c3cccnc3)no2)cc1. The number of unbranched alkanes of at least 4 members (excludes halogenated alkanes) is 1. The Morgan fingerprint density at radius 1 is 1.17 bits per heavy atom. The molecule has 0 bridgehead atoms. The van der Waals surface area contributed by atoms with Crippen molar-refractivity contribution >= 4 is 17.6 Å². The van der Waals surface area contributed by atoms with Crippen LogP contribution in [0.15, 0.2) is 53.3 Å². The number of hydrogen-bond acceptors (Lipinski definition) is 7. The normalized spacial score (nSPS) is 10.5. The Morgan fingerprint density at radius 3 is 2.72 bits per heavy atom. The number of carbonyl (C=O) groups excluding carboxylic acids is 2. The molecule has 1 N–H and O–H groups in total. The number of hydrogen-bond donors (Lipinski definition) is 1. The number of ether oxygens (including phenoxy) is 1. The largest absolute Gasteiger partial charge is 0.462 e. The van der Waals surface area contributed by atoms with Crippen LogP contribution in [-0.4, -0.2) is 33.6 Å². The third-order valence-electron chi connectivity index (χ3n) is 4.09. The summed E-state index contributed by atoms with van der Waals surface area (Å²) in [6, 6.07) is 10.2. The zero-order chi connectivity index (χ0) is 20.5. The number of aryl methyl sites for hydroxylation is 1. The van der Waals surface area contributed by atoms with Crippen molar-refractivity contribution in [3.63, 3.8) is 0 Å². The van der Waals surface area contributed by atoms with Crippen molar-refractivity contribution in [2.75, 3.05) is 11.9 Å². The summed E-state index contributed by atoms with van der Waals surface area (Å²) >= 11 is 0. The molecule has 2 heterocycles. The quantitative estimate of drug-likeness (QED) is 0.436. The van der Waals surface area contributed by atoms with Gasteiger partial charge in [0.2, 0.25) is 17.6 Å². The Labute approximate surface area is 168 Å². The number of nitrogens with zero attached hydrogens (tertiary/aromatic N) is 3. The highest BCUT2D eigenvalue weighted by Gasteiger charge is 2.12. The fraction of sp³-hybridized carbons (Fsp3) is 0.286. The number of anilines is 1. The van der Waals surface area contributed by atoms with Gasteiger partial charge in [-0.1, -0.05) is 18.5 Å². The summed E-state index contributed by atoms with van der Waals surface area (Å²) in [7, 11) is 0. The molecular weight excluding hydrogens is 372 g/mol. The van der Waals surface area contributed by atoms with Gasteiger partial charge in [-0.05, 0) is 42.8 Å². The second-order valence-corrected chi connectivity index (χ2v) is 6.37. The van der Waals surface area contributed by atoms with Crippen molar-refractivity contribution in [2.24, 2.45) is 0 Å². The van der Waals surface area contributed by atoms with Crippen molar-refractivity contribution in [1.82, 2.24) is 15.1 Å². The van der Waals surface area contributed by atoms with Gasteiger partial charge in [0.15, 0.2) is 0 Å². The first kappa shape index (κ1) is 20.2.